The van der Waals surface area contributed by atoms with Gasteiger partial charge in [-0.25, -0.2) is 4.57 Å². The van der Waals surface area contributed by atoms with Crippen molar-refractivity contribution in [1.82, 2.24) is 9.65 Å². The number of para-hydroxylation sites is 2. The van der Waals surface area contributed by atoms with Crippen LogP contribution in [0.25, 0.3) is 0 Å². The maximum Gasteiger partial charge on any atom is 0.515 e. The van der Waals surface area contributed by atoms with Gasteiger partial charge < -0.3 is 9.05 Å². The van der Waals surface area contributed by atoms with Crippen LogP contribution in [-0.2, 0) is 4.57 Å². The zero-order valence-electron chi connectivity index (χ0n) is 18.8. The van der Waals surface area contributed by atoms with Gasteiger partial charge in [0.15, 0.2) is 0 Å². The largest absolute Gasteiger partial charge is 0.515 e. The Balaban J connectivity index is 1.58. The molecule has 1 unspecified atom stereocenters. The smallest absolute Gasteiger partial charge is 0.404 e. The fraction of sp³-hybridized carbons (Fsp3) is 0.148. The van der Waals surface area contributed by atoms with E-state index in [0.717, 1.165) is 11.3 Å². The molecule has 0 radical (unpaired) electrons. The molecule has 0 spiro atoms. The monoisotopic (exact) mass is 492 g/mol. The van der Waals surface area contributed by atoms with E-state index >= 15 is 0 Å². The van der Waals surface area contributed by atoms with Crippen molar-refractivity contribution < 1.29 is 13.6 Å². The summed E-state index contributed by atoms with van der Waals surface area (Å²) in [6.07, 6.45) is 2.43. The van der Waals surface area contributed by atoms with E-state index in [1.165, 1.54) is 0 Å². The quantitative estimate of drug-likeness (QED) is 0.215. The average Bonchev–Trinajstić information content (AvgIpc) is 2.87. The third-order valence-corrected chi connectivity index (χ3v) is 7.58. The molecule has 0 aliphatic carbocycles. The Morgan fingerprint density at radius 2 is 1.38 bits per heavy atom. The number of aromatic nitrogens is 1. The fourth-order valence-corrected chi connectivity index (χ4v) is 5.17. The first-order valence-corrected chi connectivity index (χ1v) is 12.9. The van der Waals surface area contributed by atoms with Gasteiger partial charge in [0.05, 0.1) is 0 Å². The minimum Gasteiger partial charge on any atom is -0.404 e. The lowest BCUT2D eigenvalue weighted by Gasteiger charge is -2.28. The molecule has 0 aliphatic heterocycles. The van der Waals surface area contributed by atoms with Gasteiger partial charge in [-0.2, -0.15) is 4.67 Å². The van der Waals surface area contributed by atoms with Gasteiger partial charge in [-0.15, -0.1) is 0 Å². The molecule has 1 atom stereocenters. The van der Waals surface area contributed by atoms with Crippen LogP contribution in [0.5, 0.6) is 11.5 Å². The molecule has 7 heteroatoms. The standard InChI is InChI=1S/C27H26ClN2O3P/c1-30(21-19-26(27-14-8-9-20-29-27)22-15-17-23(28)18-16-22)34(31,32-24-10-4-2-5-11-24)33-25-12-6-3-7-13-25/h2-18,20,26H,19,21H2,1H3. The van der Waals surface area contributed by atoms with E-state index in [-0.39, 0.29) is 5.92 Å². The van der Waals surface area contributed by atoms with Gasteiger partial charge in [-0.05, 0) is 67.6 Å². The topological polar surface area (TPSA) is 51.7 Å². The van der Waals surface area contributed by atoms with Crippen LogP contribution >= 0.6 is 19.3 Å². The molecule has 174 valence electrons. The minimum absolute atomic E-state index is 0.0113. The molecule has 0 saturated heterocycles. The van der Waals surface area contributed by atoms with Crippen LogP contribution in [0.1, 0.15) is 23.6 Å². The molecule has 1 heterocycles. The highest BCUT2D eigenvalue weighted by molar-refractivity contribution is 7.52. The Morgan fingerprint density at radius 3 is 1.91 bits per heavy atom. The second-order valence-electron chi connectivity index (χ2n) is 7.81. The highest BCUT2D eigenvalue weighted by Crippen LogP contribution is 2.51. The summed E-state index contributed by atoms with van der Waals surface area (Å²) in [6, 6.07) is 31.8. The molecule has 1 aromatic heterocycles. The summed E-state index contributed by atoms with van der Waals surface area (Å²) in [7, 11) is -1.96. The summed E-state index contributed by atoms with van der Waals surface area (Å²) in [5.41, 5.74) is 2.01. The van der Waals surface area contributed by atoms with Gasteiger partial charge in [-0.1, -0.05) is 66.2 Å². The molecule has 0 bridgehead atoms. The average molecular weight is 493 g/mol. The van der Waals surface area contributed by atoms with Gasteiger partial charge in [0.2, 0.25) is 0 Å². The first-order valence-electron chi connectivity index (χ1n) is 11.0. The van der Waals surface area contributed by atoms with Gasteiger partial charge >= 0.3 is 7.75 Å². The van der Waals surface area contributed by atoms with E-state index < -0.39 is 7.75 Å². The minimum atomic E-state index is -3.71. The van der Waals surface area contributed by atoms with E-state index in [4.69, 9.17) is 20.6 Å². The van der Waals surface area contributed by atoms with Gasteiger partial charge in [0, 0.05) is 29.4 Å². The Kier molecular flexibility index (Phi) is 8.02. The van der Waals surface area contributed by atoms with Crippen LogP contribution in [0.3, 0.4) is 0 Å². The lowest BCUT2D eigenvalue weighted by molar-refractivity contribution is 0.302. The predicted octanol–water partition coefficient (Wildman–Crippen LogP) is 7.45. The molecule has 4 aromatic rings. The first kappa shape index (κ1) is 24.0. The van der Waals surface area contributed by atoms with Crippen LogP contribution in [-0.4, -0.2) is 23.2 Å². The summed E-state index contributed by atoms with van der Waals surface area (Å²) in [5.74, 6) is 0.947. The van der Waals surface area contributed by atoms with Crippen molar-refractivity contribution in [3.8, 4) is 11.5 Å². The van der Waals surface area contributed by atoms with Crippen molar-refractivity contribution in [2.24, 2.45) is 0 Å². The second-order valence-corrected chi connectivity index (χ2v) is 10.2. The summed E-state index contributed by atoms with van der Waals surface area (Å²) in [5, 5.41) is 0.678. The van der Waals surface area contributed by atoms with Crippen LogP contribution in [0.15, 0.2) is 109 Å². The van der Waals surface area contributed by atoms with Gasteiger partial charge in [0.25, 0.3) is 0 Å². The third-order valence-electron chi connectivity index (χ3n) is 5.40. The molecule has 0 amide bonds. The van der Waals surface area contributed by atoms with E-state index in [9.17, 15) is 4.57 Å². The summed E-state index contributed by atoms with van der Waals surface area (Å²) in [4.78, 5) is 4.57. The van der Waals surface area contributed by atoms with Crippen LogP contribution in [0.4, 0.5) is 0 Å². The second kappa shape index (κ2) is 11.3. The van der Waals surface area contributed by atoms with Crippen molar-refractivity contribution >= 4 is 19.3 Å². The summed E-state index contributed by atoms with van der Waals surface area (Å²) >= 11 is 6.11. The zero-order valence-corrected chi connectivity index (χ0v) is 20.5. The maximum absolute atomic E-state index is 14.0. The molecule has 3 aromatic carbocycles. The number of hydrogen-bond acceptors (Lipinski definition) is 4. The number of pyridine rings is 1. The molecular weight excluding hydrogens is 467 g/mol. The summed E-state index contributed by atoms with van der Waals surface area (Å²) in [6.45, 7) is 0.445. The summed E-state index contributed by atoms with van der Waals surface area (Å²) < 4.78 is 27.6. The van der Waals surface area contributed by atoms with Crippen molar-refractivity contribution in [3.63, 3.8) is 0 Å². The van der Waals surface area contributed by atoms with Gasteiger partial charge in [-0.3, -0.25) is 4.98 Å². The molecule has 0 saturated carbocycles. The molecular formula is C27H26ClN2O3P. The predicted molar refractivity (Wildman–Crippen MR) is 137 cm³/mol. The number of hydrogen-bond donors (Lipinski definition) is 0. The molecule has 0 aliphatic rings. The number of nitrogens with zero attached hydrogens (tertiary/aromatic N) is 2. The van der Waals surface area contributed by atoms with Crippen molar-refractivity contribution in [1.29, 1.82) is 0 Å². The van der Waals surface area contributed by atoms with Crippen molar-refractivity contribution in [3.05, 3.63) is 126 Å². The Bertz CT molecular complexity index is 1160. The molecule has 4 rings (SSSR count). The van der Waals surface area contributed by atoms with Crippen molar-refractivity contribution in [2.75, 3.05) is 13.6 Å². The third kappa shape index (κ3) is 6.27. The zero-order chi connectivity index (χ0) is 23.8. The van der Waals surface area contributed by atoms with E-state index in [1.807, 2.05) is 78.9 Å². The van der Waals surface area contributed by atoms with Gasteiger partial charge in [0.1, 0.15) is 11.5 Å². The normalized spacial score (nSPS) is 12.3. The Morgan fingerprint density at radius 1 is 0.824 bits per heavy atom. The highest BCUT2D eigenvalue weighted by Gasteiger charge is 2.35. The number of halogens is 1. The molecule has 0 fully saturated rings. The van der Waals surface area contributed by atoms with E-state index in [1.54, 1.807) is 42.2 Å². The molecule has 5 nitrogen and oxygen atoms in total. The fourth-order valence-electron chi connectivity index (χ4n) is 3.59. The van der Waals surface area contributed by atoms with E-state index in [0.29, 0.717) is 29.5 Å². The van der Waals surface area contributed by atoms with Crippen molar-refractivity contribution in [2.45, 2.75) is 12.3 Å². The number of benzene rings is 3. The van der Waals surface area contributed by atoms with Crippen LogP contribution in [0.2, 0.25) is 5.02 Å². The van der Waals surface area contributed by atoms with E-state index in [2.05, 4.69) is 4.98 Å². The molecule has 0 N–H and O–H groups in total. The maximum atomic E-state index is 14.0. The van der Waals surface area contributed by atoms with Crippen LogP contribution in [0, 0.1) is 0 Å². The highest BCUT2D eigenvalue weighted by atomic mass is 35.5. The Hall–Kier alpha value is -3.11. The Labute approximate surface area is 205 Å². The first-order chi connectivity index (χ1) is 16.5. The SMILES string of the molecule is CN(CCC(c1ccc(Cl)cc1)c1ccccn1)P(=O)(Oc1ccccc1)Oc1ccccc1. The molecule has 34 heavy (non-hydrogen) atoms. The number of rotatable bonds is 10. The lowest BCUT2D eigenvalue weighted by Crippen LogP contribution is -2.24. The van der Waals surface area contributed by atoms with Crippen LogP contribution < -0.4 is 9.05 Å². The lowest BCUT2D eigenvalue weighted by atomic mass is 9.92.